The number of primary amides is 1. The van der Waals surface area contributed by atoms with Gasteiger partial charge in [-0.3, -0.25) is 4.79 Å². The molecule has 0 unspecified atom stereocenters. The fourth-order valence-corrected chi connectivity index (χ4v) is 3.23. The van der Waals surface area contributed by atoms with Gasteiger partial charge in [-0.1, -0.05) is 12.1 Å². The first-order chi connectivity index (χ1) is 7.34. The second kappa shape index (κ2) is 4.94. The average molecular weight is 307 g/mol. The van der Waals surface area contributed by atoms with Crippen molar-refractivity contribution in [3.05, 3.63) is 28.7 Å². The van der Waals surface area contributed by atoms with Crippen LogP contribution in [0.3, 0.4) is 0 Å². The Morgan fingerprint density at radius 3 is 2.50 bits per heavy atom. The van der Waals surface area contributed by atoms with Gasteiger partial charge in [-0.2, -0.15) is 4.72 Å². The zero-order valence-electron chi connectivity index (χ0n) is 8.48. The molecule has 1 aromatic carbocycles. The number of hydrogen-bond acceptors (Lipinski definition) is 3. The summed E-state index contributed by atoms with van der Waals surface area (Å²) >= 11 is 3.12. The van der Waals surface area contributed by atoms with Gasteiger partial charge < -0.3 is 5.73 Å². The largest absolute Gasteiger partial charge is 0.368 e. The molecule has 5 nitrogen and oxygen atoms in total. The molecule has 0 spiro atoms. The zero-order chi connectivity index (χ0) is 12.3. The minimum Gasteiger partial charge on any atom is -0.368 e. The van der Waals surface area contributed by atoms with Crippen molar-refractivity contribution in [2.45, 2.75) is 17.9 Å². The maximum absolute atomic E-state index is 11.8. The van der Waals surface area contributed by atoms with Gasteiger partial charge in [0.1, 0.15) is 0 Å². The lowest BCUT2D eigenvalue weighted by Gasteiger charge is -2.11. The van der Waals surface area contributed by atoms with Crippen LogP contribution in [0.4, 0.5) is 0 Å². The van der Waals surface area contributed by atoms with Gasteiger partial charge in [0, 0.05) is 4.47 Å². The number of rotatable bonds is 4. The Bertz CT molecular complexity index is 501. The summed E-state index contributed by atoms with van der Waals surface area (Å²) in [6.45, 7) is 1.39. The van der Waals surface area contributed by atoms with Crippen LogP contribution >= 0.6 is 15.9 Å². The third-order valence-electron chi connectivity index (χ3n) is 1.88. The van der Waals surface area contributed by atoms with Crippen molar-refractivity contribution >= 4 is 31.9 Å². The molecule has 0 saturated heterocycles. The van der Waals surface area contributed by atoms with Gasteiger partial charge in [-0.25, -0.2) is 8.42 Å². The lowest BCUT2D eigenvalue weighted by molar-refractivity contribution is -0.119. The Labute approximate surface area is 102 Å². The highest BCUT2D eigenvalue weighted by atomic mass is 79.9. The van der Waals surface area contributed by atoms with Gasteiger partial charge in [-0.15, -0.1) is 0 Å². The summed E-state index contributed by atoms with van der Waals surface area (Å²) in [4.78, 5) is 10.8. The molecule has 88 valence electrons. The highest BCUT2D eigenvalue weighted by Gasteiger charge is 2.21. The van der Waals surface area contributed by atoms with Crippen molar-refractivity contribution in [2.75, 3.05) is 0 Å². The van der Waals surface area contributed by atoms with Crippen LogP contribution in [0.15, 0.2) is 33.6 Å². The van der Waals surface area contributed by atoms with Gasteiger partial charge in [0.15, 0.2) is 0 Å². The van der Waals surface area contributed by atoms with E-state index in [1.807, 2.05) is 0 Å². The first kappa shape index (κ1) is 13.1. The zero-order valence-corrected chi connectivity index (χ0v) is 10.9. The molecule has 1 amide bonds. The molecule has 0 fully saturated rings. The van der Waals surface area contributed by atoms with Crippen molar-refractivity contribution in [3.8, 4) is 0 Å². The molecular weight excluding hydrogens is 296 g/mol. The number of nitrogens with one attached hydrogen (secondary N) is 1. The van der Waals surface area contributed by atoms with Crippen molar-refractivity contribution in [1.29, 1.82) is 0 Å². The number of benzene rings is 1. The number of halogens is 1. The lowest BCUT2D eigenvalue weighted by Crippen LogP contribution is -2.42. The number of carbonyl (C=O) groups excluding carboxylic acids is 1. The fourth-order valence-electron chi connectivity index (χ4n) is 1.02. The summed E-state index contributed by atoms with van der Waals surface area (Å²) in [6.07, 6.45) is 0. The molecule has 1 aromatic rings. The van der Waals surface area contributed by atoms with Crippen LogP contribution in [-0.4, -0.2) is 20.4 Å². The van der Waals surface area contributed by atoms with E-state index in [1.165, 1.54) is 13.0 Å². The standard InChI is InChI=1S/C9H11BrN2O3S/c1-6(9(11)13)12-16(14,15)8-5-3-2-4-7(8)10/h2-6,12H,1H3,(H2,11,13)/t6-/m0/s1. The summed E-state index contributed by atoms with van der Waals surface area (Å²) in [5, 5.41) is 0. The van der Waals surface area contributed by atoms with Crippen LogP contribution in [0.5, 0.6) is 0 Å². The van der Waals surface area contributed by atoms with E-state index in [0.29, 0.717) is 4.47 Å². The fraction of sp³-hybridized carbons (Fsp3) is 0.222. The van der Waals surface area contributed by atoms with E-state index in [0.717, 1.165) is 0 Å². The highest BCUT2D eigenvalue weighted by molar-refractivity contribution is 9.10. The van der Waals surface area contributed by atoms with E-state index in [-0.39, 0.29) is 4.90 Å². The van der Waals surface area contributed by atoms with Crippen molar-refractivity contribution in [2.24, 2.45) is 5.73 Å². The minimum atomic E-state index is -3.73. The van der Waals surface area contributed by atoms with Gasteiger partial charge >= 0.3 is 0 Å². The first-order valence-corrected chi connectivity index (χ1v) is 6.68. The van der Waals surface area contributed by atoms with Crippen molar-refractivity contribution in [1.82, 2.24) is 4.72 Å². The van der Waals surface area contributed by atoms with Gasteiger partial charge in [0.25, 0.3) is 0 Å². The van der Waals surface area contributed by atoms with E-state index in [9.17, 15) is 13.2 Å². The molecule has 7 heteroatoms. The molecular formula is C9H11BrN2O3S. The van der Waals surface area contributed by atoms with Crippen LogP contribution in [0.1, 0.15) is 6.92 Å². The average Bonchev–Trinajstić information content (AvgIpc) is 2.17. The maximum Gasteiger partial charge on any atom is 0.242 e. The molecule has 0 radical (unpaired) electrons. The third-order valence-corrected chi connectivity index (χ3v) is 4.44. The summed E-state index contributed by atoms with van der Waals surface area (Å²) < 4.78 is 26.2. The Balaban J connectivity index is 3.04. The molecule has 0 aliphatic carbocycles. The molecule has 0 saturated carbocycles. The summed E-state index contributed by atoms with van der Waals surface area (Å²) in [7, 11) is -3.73. The molecule has 0 bridgehead atoms. The molecule has 16 heavy (non-hydrogen) atoms. The smallest absolute Gasteiger partial charge is 0.242 e. The third kappa shape index (κ3) is 3.03. The van der Waals surface area contributed by atoms with Gasteiger partial charge in [-0.05, 0) is 35.0 Å². The topological polar surface area (TPSA) is 89.3 Å². The quantitative estimate of drug-likeness (QED) is 0.853. The minimum absolute atomic E-state index is 0.0723. The van der Waals surface area contributed by atoms with E-state index in [4.69, 9.17) is 5.73 Å². The summed E-state index contributed by atoms with van der Waals surface area (Å²) in [5.41, 5.74) is 4.98. The second-order valence-electron chi connectivity index (χ2n) is 3.18. The predicted octanol–water partition coefficient (Wildman–Crippen LogP) is 0.601. The molecule has 0 aliphatic heterocycles. The Morgan fingerprint density at radius 2 is 2.00 bits per heavy atom. The highest BCUT2D eigenvalue weighted by Crippen LogP contribution is 2.20. The monoisotopic (exact) mass is 306 g/mol. The molecule has 1 atom stereocenters. The summed E-state index contributed by atoms with van der Waals surface area (Å²) in [5.74, 6) is -0.726. The number of nitrogens with two attached hydrogens (primary N) is 1. The van der Waals surface area contributed by atoms with E-state index >= 15 is 0 Å². The van der Waals surface area contributed by atoms with E-state index in [2.05, 4.69) is 20.7 Å². The number of amides is 1. The number of carbonyl (C=O) groups is 1. The number of hydrogen-bond donors (Lipinski definition) is 2. The van der Waals surface area contributed by atoms with Crippen molar-refractivity contribution in [3.63, 3.8) is 0 Å². The van der Waals surface area contributed by atoms with Gasteiger partial charge in [0.05, 0.1) is 10.9 Å². The molecule has 0 aromatic heterocycles. The SMILES string of the molecule is C[C@H](NS(=O)(=O)c1ccccc1Br)C(N)=O. The second-order valence-corrected chi connectivity index (χ2v) is 5.71. The van der Waals surface area contributed by atoms with Crippen LogP contribution < -0.4 is 10.5 Å². The van der Waals surface area contributed by atoms with E-state index < -0.39 is 22.0 Å². The Kier molecular flexibility index (Phi) is 4.06. The van der Waals surface area contributed by atoms with E-state index in [1.54, 1.807) is 18.2 Å². The van der Waals surface area contributed by atoms with Crippen LogP contribution in [0, 0.1) is 0 Å². The first-order valence-electron chi connectivity index (χ1n) is 4.41. The van der Waals surface area contributed by atoms with Gasteiger partial charge in [0.2, 0.25) is 15.9 Å². The lowest BCUT2D eigenvalue weighted by atomic mass is 10.4. The molecule has 1 rings (SSSR count). The molecule has 3 N–H and O–H groups in total. The van der Waals surface area contributed by atoms with Crippen LogP contribution in [-0.2, 0) is 14.8 Å². The number of sulfonamides is 1. The predicted molar refractivity (Wildman–Crippen MR) is 63.1 cm³/mol. The molecule has 0 heterocycles. The normalized spacial score (nSPS) is 13.4. The molecule has 0 aliphatic rings. The van der Waals surface area contributed by atoms with Crippen LogP contribution in [0.2, 0.25) is 0 Å². The Hall–Kier alpha value is -0.920. The maximum atomic E-state index is 11.8. The van der Waals surface area contributed by atoms with Crippen molar-refractivity contribution < 1.29 is 13.2 Å². The Morgan fingerprint density at radius 1 is 1.44 bits per heavy atom. The summed E-state index contributed by atoms with van der Waals surface area (Å²) in [6, 6.07) is 5.37. The van der Waals surface area contributed by atoms with Crippen LogP contribution in [0.25, 0.3) is 0 Å².